The molecular formula is C24H32N6O6S. The number of carboxylic acid groups (broad SMARTS) is 1. The summed E-state index contributed by atoms with van der Waals surface area (Å²) in [6, 6.07) is 6.84. The van der Waals surface area contributed by atoms with Crippen LogP contribution in [0.25, 0.3) is 0 Å². The van der Waals surface area contributed by atoms with Gasteiger partial charge in [-0.1, -0.05) is 17.7 Å². The van der Waals surface area contributed by atoms with Gasteiger partial charge in [0.15, 0.2) is 5.69 Å². The fourth-order valence-corrected chi connectivity index (χ4v) is 5.13. The molecule has 37 heavy (non-hydrogen) atoms. The van der Waals surface area contributed by atoms with Gasteiger partial charge >= 0.3 is 5.97 Å². The van der Waals surface area contributed by atoms with E-state index in [-0.39, 0.29) is 18.1 Å². The molecule has 0 spiro atoms. The molecule has 1 aromatic heterocycles. The average molecular weight is 533 g/mol. The number of hydrogen-bond donors (Lipinski definition) is 4. The smallest absolute Gasteiger partial charge is 0.323 e. The van der Waals surface area contributed by atoms with Gasteiger partial charge in [-0.25, -0.2) is 0 Å². The third-order valence-corrected chi connectivity index (χ3v) is 7.27. The maximum Gasteiger partial charge on any atom is 0.323 e. The number of aryl methyl sites for hydroxylation is 2. The minimum atomic E-state index is -2.15. The number of rotatable bonds is 10. The molecule has 2 aromatic rings. The highest BCUT2D eigenvalue weighted by Gasteiger charge is 2.29. The average Bonchev–Trinajstić information content (AvgIpc) is 3.25. The van der Waals surface area contributed by atoms with Crippen molar-refractivity contribution in [3.8, 4) is 5.75 Å². The summed E-state index contributed by atoms with van der Waals surface area (Å²) >= 11 is -2.15. The Morgan fingerprint density at radius 3 is 2.68 bits per heavy atom. The first kappa shape index (κ1) is 26.8. The molecule has 1 saturated heterocycles. The van der Waals surface area contributed by atoms with E-state index in [4.69, 9.17) is 4.18 Å². The number of carbonyl (C=O) groups excluding carboxylic acids is 2. The molecule has 0 radical (unpaired) electrons. The fraction of sp³-hybridized carbons (Fsp3) is 0.500. The van der Waals surface area contributed by atoms with Gasteiger partial charge in [0.1, 0.15) is 17.5 Å². The Hall–Kier alpha value is -3.29. The van der Waals surface area contributed by atoms with Crippen LogP contribution in [0.15, 0.2) is 30.3 Å². The number of aromatic nitrogens is 2. The van der Waals surface area contributed by atoms with E-state index < -0.39 is 29.2 Å². The summed E-state index contributed by atoms with van der Waals surface area (Å²) in [6.45, 7) is 5.25. The molecule has 2 atom stereocenters. The topological polar surface area (TPSA) is 155 Å². The Labute approximate surface area is 217 Å². The third kappa shape index (κ3) is 7.14. The lowest BCUT2D eigenvalue weighted by molar-refractivity contribution is -0.138. The SMILES string of the molecule is Cc1ccc(OS(=O)NC(CNC(=O)c2cc3n(n2)CCCN(CC2CCNCC2)C3=O)C(=O)O)cc1. The van der Waals surface area contributed by atoms with E-state index in [1.807, 2.05) is 11.8 Å². The van der Waals surface area contributed by atoms with Crippen molar-refractivity contribution in [3.63, 3.8) is 0 Å². The number of nitrogens with one attached hydrogen (secondary N) is 3. The normalized spacial score (nSPS) is 18.0. The van der Waals surface area contributed by atoms with E-state index in [0.717, 1.165) is 37.9 Å². The van der Waals surface area contributed by atoms with Crippen molar-refractivity contribution in [2.45, 2.75) is 38.8 Å². The molecule has 12 nitrogen and oxygen atoms in total. The number of benzene rings is 1. The van der Waals surface area contributed by atoms with Gasteiger partial charge in [-0.3, -0.25) is 19.1 Å². The number of carbonyl (C=O) groups is 3. The molecule has 200 valence electrons. The summed E-state index contributed by atoms with van der Waals surface area (Å²) in [5, 5.41) is 19.6. The molecule has 1 fully saturated rings. The van der Waals surface area contributed by atoms with Crippen LogP contribution in [-0.2, 0) is 22.6 Å². The summed E-state index contributed by atoms with van der Waals surface area (Å²) in [5.41, 5.74) is 1.36. The van der Waals surface area contributed by atoms with Gasteiger partial charge in [0, 0.05) is 32.2 Å². The van der Waals surface area contributed by atoms with Crippen molar-refractivity contribution < 1.29 is 27.9 Å². The molecule has 2 aliphatic rings. The standard InChI is InChI=1S/C24H32N6O6S/c1-16-3-5-18(6-4-16)36-37(35)28-20(24(33)34)14-26-22(31)19-13-21-23(32)29(11-2-12-30(21)27-19)15-17-7-9-25-10-8-17/h3-6,13,17,20,25,28H,2,7-12,14-15H2,1H3,(H,26,31)(H,33,34). The second-order valence-corrected chi connectivity index (χ2v) is 10.2. The Bertz CT molecular complexity index is 1150. The Balaban J connectivity index is 1.34. The number of piperidine rings is 1. The van der Waals surface area contributed by atoms with Gasteiger partial charge in [-0.15, -0.1) is 0 Å². The molecule has 1 aromatic carbocycles. The van der Waals surface area contributed by atoms with Crippen LogP contribution in [0.3, 0.4) is 0 Å². The van der Waals surface area contributed by atoms with Crippen molar-refractivity contribution >= 4 is 29.1 Å². The molecule has 3 heterocycles. The Kier molecular flexibility index (Phi) is 8.90. The van der Waals surface area contributed by atoms with Crippen molar-refractivity contribution in [3.05, 3.63) is 47.3 Å². The first-order valence-electron chi connectivity index (χ1n) is 12.3. The van der Waals surface area contributed by atoms with Gasteiger partial charge in [0.05, 0.1) is 0 Å². The van der Waals surface area contributed by atoms with Crippen LogP contribution in [0.1, 0.15) is 45.8 Å². The number of hydrogen-bond acceptors (Lipinski definition) is 7. The van der Waals surface area contributed by atoms with Crippen LogP contribution >= 0.6 is 0 Å². The maximum absolute atomic E-state index is 13.2. The van der Waals surface area contributed by atoms with Crippen molar-refractivity contribution in [1.82, 2.24) is 30.0 Å². The molecule has 0 aliphatic carbocycles. The number of carboxylic acids is 1. The Morgan fingerprint density at radius 1 is 1.24 bits per heavy atom. The van der Waals surface area contributed by atoms with E-state index in [1.165, 1.54) is 10.7 Å². The van der Waals surface area contributed by atoms with Crippen molar-refractivity contribution in [2.75, 3.05) is 32.7 Å². The second kappa shape index (κ2) is 12.3. The molecule has 0 saturated carbocycles. The highest BCUT2D eigenvalue weighted by molar-refractivity contribution is 7.78. The van der Waals surface area contributed by atoms with E-state index in [2.05, 4.69) is 20.5 Å². The molecular weight excluding hydrogens is 500 g/mol. The lowest BCUT2D eigenvalue weighted by Crippen LogP contribution is -2.47. The second-order valence-electron chi connectivity index (χ2n) is 9.29. The highest BCUT2D eigenvalue weighted by atomic mass is 32.2. The number of nitrogens with zero attached hydrogens (tertiary/aromatic N) is 3. The molecule has 2 aliphatic heterocycles. The van der Waals surface area contributed by atoms with Gasteiger partial charge in [0.2, 0.25) is 0 Å². The molecule has 4 N–H and O–H groups in total. The quantitative estimate of drug-likeness (QED) is 0.344. The number of aliphatic carboxylic acids is 1. The third-order valence-electron chi connectivity index (χ3n) is 6.45. The maximum atomic E-state index is 13.2. The predicted octanol–water partition coefficient (Wildman–Crippen LogP) is 0.467. The molecule has 2 unspecified atom stereocenters. The van der Waals surface area contributed by atoms with Crippen molar-refractivity contribution in [2.24, 2.45) is 5.92 Å². The fourth-order valence-electron chi connectivity index (χ4n) is 4.38. The van der Waals surface area contributed by atoms with E-state index >= 15 is 0 Å². The molecule has 13 heteroatoms. The van der Waals surface area contributed by atoms with Crippen LogP contribution in [0, 0.1) is 12.8 Å². The minimum Gasteiger partial charge on any atom is -0.480 e. The molecule has 2 amide bonds. The Morgan fingerprint density at radius 2 is 1.97 bits per heavy atom. The van der Waals surface area contributed by atoms with Crippen LogP contribution < -0.4 is 19.5 Å². The zero-order chi connectivity index (χ0) is 26.4. The lowest BCUT2D eigenvalue weighted by atomic mass is 9.97. The van der Waals surface area contributed by atoms with E-state index in [9.17, 15) is 23.7 Å². The van der Waals surface area contributed by atoms with E-state index in [0.29, 0.717) is 37.0 Å². The van der Waals surface area contributed by atoms with Crippen LogP contribution in [-0.4, -0.2) is 80.5 Å². The zero-order valence-corrected chi connectivity index (χ0v) is 21.5. The number of amides is 2. The zero-order valence-electron chi connectivity index (χ0n) is 20.6. The van der Waals surface area contributed by atoms with Gasteiger partial charge < -0.3 is 24.8 Å². The number of fused-ring (bicyclic) bond motifs is 1. The van der Waals surface area contributed by atoms with E-state index in [1.54, 1.807) is 24.3 Å². The van der Waals surface area contributed by atoms with Crippen molar-refractivity contribution in [1.29, 1.82) is 0 Å². The van der Waals surface area contributed by atoms with Crippen LogP contribution in [0.5, 0.6) is 5.75 Å². The molecule has 4 rings (SSSR count). The summed E-state index contributed by atoms with van der Waals surface area (Å²) in [6.07, 6.45) is 2.77. The predicted molar refractivity (Wildman–Crippen MR) is 135 cm³/mol. The first-order valence-corrected chi connectivity index (χ1v) is 13.4. The first-order chi connectivity index (χ1) is 17.8. The summed E-state index contributed by atoms with van der Waals surface area (Å²) in [4.78, 5) is 39.4. The van der Waals surface area contributed by atoms with Gasteiger partial charge in [-0.05, 0) is 57.3 Å². The minimum absolute atomic E-state index is 0.0215. The summed E-state index contributed by atoms with van der Waals surface area (Å²) in [7, 11) is 0. The monoisotopic (exact) mass is 532 g/mol. The van der Waals surface area contributed by atoms with Crippen LogP contribution in [0.2, 0.25) is 0 Å². The largest absolute Gasteiger partial charge is 0.480 e. The lowest BCUT2D eigenvalue weighted by Gasteiger charge is -2.29. The summed E-state index contributed by atoms with van der Waals surface area (Å²) in [5.74, 6) is -1.34. The van der Waals surface area contributed by atoms with Gasteiger partial charge in [0.25, 0.3) is 23.1 Å². The summed E-state index contributed by atoms with van der Waals surface area (Å²) < 4.78 is 21.3. The van der Waals surface area contributed by atoms with Crippen LogP contribution in [0.4, 0.5) is 0 Å². The van der Waals surface area contributed by atoms with Gasteiger partial charge in [-0.2, -0.15) is 14.0 Å². The molecule has 0 bridgehead atoms. The highest BCUT2D eigenvalue weighted by Crippen LogP contribution is 2.19.